The minimum Gasteiger partial charge on any atom is -0.316 e. The third-order valence-electron chi connectivity index (χ3n) is 2.47. The molecule has 2 heteroatoms. The molecule has 1 atom stereocenters. The molecule has 78 valence electrons. The van der Waals surface area contributed by atoms with Gasteiger partial charge in [-0.2, -0.15) is 0 Å². The van der Waals surface area contributed by atoms with E-state index in [0.717, 1.165) is 24.5 Å². The highest BCUT2D eigenvalue weighted by atomic mass is 35.5. The molecule has 1 N–H and O–H groups in total. The largest absolute Gasteiger partial charge is 0.316 e. The van der Waals surface area contributed by atoms with Crippen LogP contribution in [0.15, 0.2) is 24.3 Å². The van der Waals surface area contributed by atoms with E-state index in [1.807, 2.05) is 12.1 Å². The van der Waals surface area contributed by atoms with E-state index in [-0.39, 0.29) is 0 Å². The van der Waals surface area contributed by atoms with Gasteiger partial charge in [-0.05, 0) is 36.6 Å². The van der Waals surface area contributed by atoms with Gasteiger partial charge in [0.2, 0.25) is 0 Å². The summed E-state index contributed by atoms with van der Waals surface area (Å²) >= 11 is 5.85. The van der Waals surface area contributed by atoms with E-state index in [2.05, 4.69) is 31.3 Å². The van der Waals surface area contributed by atoms with E-state index in [9.17, 15) is 0 Å². The molecule has 0 saturated carbocycles. The number of halogens is 1. The van der Waals surface area contributed by atoms with Crippen molar-refractivity contribution in [3.63, 3.8) is 0 Å². The molecular formula is C12H18ClN. The summed E-state index contributed by atoms with van der Waals surface area (Å²) in [7, 11) is 0. The maximum Gasteiger partial charge on any atom is 0.0406 e. The van der Waals surface area contributed by atoms with Gasteiger partial charge in [0.15, 0.2) is 0 Å². The van der Waals surface area contributed by atoms with Crippen molar-refractivity contribution < 1.29 is 0 Å². The second kappa shape index (κ2) is 6.05. The lowest BCUT2D eigenvalue weighted by Crippen LogP contribution is -2.20. The van der Waals surface area contributed by atoms with Crippen LogP contribution in [0.2, 0.25) is 5.02 Å². The molecule has 0 aromatic heterocycles. The SMILES string of the molecule is CCNCC(CC)c1ccc(Cl)cc1. The van der Waals surface area contributed by atoms with Gasteiger partial charge >= 0.3 is 0 Å². The first-order chi connectivity index (χ1) is 6.77. The van der Waals surface area contributed by atoms with Crippen molar-refractivity contribution in [3.05, 3.63) is 34.9 Å². The van der Waals surface area contributed by atoms with Crippen molar-refractivity contribution in [1.29, 1.82) is 0 Å². The zero-order valence-electron chi connectivity index (χ0n) is 8.89. The Morgan fingerprint density at radius 2 is 1.86 bits per heavy atom. The molecule has 0 heterocycles. The Morgan fingerprint density at radius 3 is 2.36 bits per heavy atom. The van der Waals surface area contributed by atoms with Crippen LogP contribution in [0.25, 0.3) is 0 Å². The van der Waals surface area contributed by atoms with Crippen molar-refractivity contribution in [2.75, 3.05) is 13.1 Å². The van der Waals surface area contributed by atoms with Gasteiger partial charge < -0.3 is 5.32 Å². The summed E-state index contributed by atoms with van der Waals surface area (Å²) in [6.07, 6.45) is 1.16. The molecule has 0 bridgehead atoms. The van der Waals surface area contributed by atoms with E-state index >= 15 is 0 Å². The topological polar surface area (TPSA) is 12.0 Å². The van der Waals surface area contributed by atoms with Crippen LogP contribution in [-0.2, 0) is 0 Å². The predicted octanol–water partition coefficient (Wildman–Crippen LogP) is 3.44. The normalized spacial score (nSPS) is 12.8. The Kier molecular flexibility index (Phi) is 4.99. The maximum absolute atomic E-state index is 5.85. The van der Waals surface area contributed by atoms with Crippen molar-refractivity contribution in [3.8, 4) is 0 Å². The molecular weight excluding hydrogens is 194 g/mol. The molecule has 0 aliphatic rings. The minimum absolute atomic E-state index is 0.604. The molecule has 0 aliphatic carbocycles. The lowest BCUT2D eigenvalue weighted by molar-refractivity contribution is 0.584. The molecule has 0 aliphatic heterocycles. The third kappa shape index (κ3) is 3.32. The van der Waals surface area contributed by atoms with Crippen LogP contribution in [-0.4, -0.2) is 13.1 Å². The Bertz CT molecular complexity index is 256. The van der Waals surface area contributed by atoms with Crippen molar-refractivity contribution >= 4 is 11.6 Å². The lowest BCUT2D eigenvalue weighted by Gasteiger charge is -2.15. The van der Waals surface area contributed by atoms with E-state index in [1.54, 1.807) is 0 Å². The summed E-state index contributed by atoms with van der Waals surface area (Å²) in [5.74, 6) is 0.604. The monoisotopic (exact) mass is 211 g/mol. The first-order valence-electron chi connectivity index (χ1n) is 5.24. The smallest absolute Gasteiger partial charge is 0.0406 e. The van der Waals surface area contributed by atoms with E-state index in [1.165, 1.54) is 5.56 Å². The maximum atomic E-state index is 5.85. The Labute approximate surface area is 91.5 Å². The molecule has 0 fully saturated rings. The van der Waals surface area contributed by atoms with Gasteiger partial charge in [0, 0.05) is 11.6 Å². The van der Waals surface area contributed by atoms with Crippen LogP contribution in [0, 0.1) is 0 Å². The first-order valence-corrected chi connectivity index (χ1v) is 5.61. The Morgan fingerprint density at radius 1 is 1.21 bits per heavy atom. The molecule has 14 heavy (non-hydrogen) atoms. The molecule has 1 aromatic carbocycles. The first kappa shape index (κ1) is 11.5. The fourth-order valence-electron chi connectivity index (χ4n) is 1.55. The van der Waals surface area contributed by atoms with Crippen LogP contribution in [0.4, 0.5) is 0 Å². The van der Waals surface area contributed by atoms with Gasteiger partial charge in [-0.3, -0.25) is 0 Å². The summed E-state index contributed by atoms with van der Waals surface area (Å²) in [4.78, 5) is 0. The van der Waals surface area contributed by atoms with Gasteiger partial charge in [-0.1, -0.05) is 37.6 Å². The highest BCUT2D eigenvalue weighted by Crippen LogP contribution is 2.20. The molecule has 1 rings (SSSR count). The second-order valence-corrected chi connectivity index (χ2v) is 3.90. The molecule has 0 spiro atoms. The van der Waals surface area contributed by atoms with Crippen LogP contribution in [0.1, 0.15) is 31.7 Å². The quantitative estimate of drug-likeness (QED) is 0.787. The van der Waals surface area contributed by atoms with Crippen molar-refractivity contribution in [1.82, 2.24) is 5.32 Å². The highest BCUT2D eigenvalue weighted by molar-refractivity contribution is 6.30. The molecule has 0 amide bonds. The Balaban J connectivity index is 2.64. The second-order valence-electron chi connectivity index (χ2n) is 3.46. The number of likely N-dealkylation sites (N-methyl/N-ethyl adjacent to an activating group) is 1. The average Bonchev–Trinajstić information content (AvgIpc) is 2.21. The summed E-state index contributed by atoms with van der Waals surface area (Å²) in [6, 6.07) is 8.17. The lowest BCUT2D eigenvalue weighted by atomic mass is 9.96. The van der Waals surface area contributed by atoms with Gasteiger partial charge in [0.1, 0.15) is 0 Å². The summed E-state index contributed by atoms with van der Waals surface area (Å²) in [5.41, 5.74) is 1.37. The predicted molar refractivity (Wildman–Crippen MR) is 63.0 cm³/mol. The van der Waals surface area contributed by atoms with Crippen LogP contribution >= 0.6 is 11.6 Å². The minimum atomic E-state index is 0.604. The zero-order chi connectivity index (χ0) is 10.4. The van der Waals surface area contributed by atoms with Crippen LogP contribution in [0.5, 0.6) is 0 Å². The molecule has 1 aromatic rings. The van der Waals surface area contributed by atoms with E-state index < -0.39 is 0 Å². The van der Waals surface area contributed by atoms with Crippen LogP contribution in [0.3, 0.4) is 0 Å². The molecule has 1 nitrogen and oxygen atoms in total. The van der Waals surface area contributed by atoms with Crippen LogP contribution < -0.4 is 5.32 Å². The third-order valence-corrected chi connectivity index (χ3v) is 2.73. The fourth-order valence-corrected chi connectivity index (χ4v) is 1.68. The standard InChI is InChI=1S/C12H18ClN/c1-3-10(9-14-4-2)11-5-7-12(13)8-6-11/h5-8,10,14H,3-4,9H2,1-2H3. The van der Waals surface area contributed by atoms with Gasteiger partial charge in [0.25, 0.3) is 0 Å². The molecule has 0 radical (unpaired) electrons. The van der Waals surface area contributed by atoms with Crippen molar-refractivity contribution in [2.24, 2.45) is 0 Å². The van der Waals surface area contributed by atoms with E-state index in [0.29, 0.717) is 5.92 Å². The molecule has 1 unspecified atom stereocenters. The van der Waals surface area contributed by atoms with Crippen molar-refractivity contribution in [2.45, 2.75) is 26.2 Å². The number of hydrogen-bond donors (Lipinski definition) is 1. The fraction of sp³-hybridized carbons (Fsp3) is 0.500. The van der Waals surface area contributed by atoms with Gasteiger partial charge in [-0.25, -0.2) is 0 Å². The number of hydrogen-bond acceptors (Lipinski definition) is 1. The summed E-state index contributed by atoms with van der Waals surface area (Å²) in [6.45, 7) is 6.43. The zero-order valence-corrected chi connectivity index (χ0v) is 9.64. The number of rotatable bonds is 5. The molecule has 0 saturated heterocycles. The highest BCUT2D eigenvalue weighted by Gasteiger charge is 2.07. The number of nitrogens with one attached hydrogen (secondary N) is 1. The van der Waals surface area contributed by atoms with E-state index in [4.69, 9.17) is 11.6 Å². The average molecular weight is 212 g/mol. The van der Waals surface area contributed by atoms with Gasteiger partial charge in [-0.15, -0.1) is 0 Å². The Hall–Kier alpha value is -0.530. The summed E-state index contributed by atoms with van der Waals surface area (Å²) in [5, 5.41) is 4.19. The number of benzene rings is 1. The summed E-state index contributed by atoms with van der Waals surface area (Å²) < 4.78 is 0. The van der Waals surface area contributed by atoms with Gasteiger partial charge in [0.05, 0.1) is 0 Å².